The van der Waals surface area contributed by atoms with Crippen molar-refractivity contribution in [1.29, 1.82) is 0 Å². The number of hydrogen-bond donors (Lipinski definition) is 2. The number of methoxy groups -OCH3 is 1. The summed E-state index contributed by atoms with van der Waals surface area (Å²) in [6.45, 7) is 5.98. The third-order valence-electron chi connectivity index (χ3n) is 4.54. The molecule has 7 nitrogen and oxygen atoms in total. The monoisotopic (exact) mass is 383 g/mol. The van der Waals surface area contributed by atoms with Crippen molar-refractivity contribution >= 4 is 15.9 Å². The van der Waals surface area contributed by atoms with E-state index in [1.54, 1.807) is 29.4 Å². The molecule has 1 fully saturated rings. The first-order chi connectivity index (χ1) is 12.4. The molecule has 1 saturated heterocycles. The van der Waals surface area contributed by atoms with Crippen LogP contribution in [0, 0.1) is 0 Å². The minimum atomic E-state index is -3.61. The van der Waals surface area contributed by atoms with Crippen LogP contribution in [0.25, 0.3) is 0 Å². The number of carbonyl (C=O) groups excluding carboxylic acids is 1. The van der Waals surface area contributed by atoms with E-state index in [2.05, 4.69) is 10.6 Å². The molecular weight excluding hydrogens is 354 g/mol. The quantitative estimate of drug-likeness (QED) is 0.674. The van der Waals surface area contributed by atoms with Crippen LogP contribution in [0.5, 0.6) is 5.75 Å². The number of nitrogens with one attached hydrogen (secondary N) is 2. The van der Waals surface area contributed by atoms with Gasteiger partial charge in [0.15, 0.2) is 0 Å². The van der Waals surface area contributed by atoms with Gasteiger partial charge in [-0.25, -0.2) is 8.42 Å². The second-order valence-corrected chi connectivity index (χ2v) is 8.26. The maximum absolute atomic E-state index is 13.2. The van der Waals surface area contributed by atoms with Gasteiger partial charge in [0.25, 0.3) is 0 Å². The Morgan fingerprint density at radius 3 is 2.73 bits per heavy atom. The minimum absolute atomic E-state index is 0.0229. The fourth-order valence-electron chi connectivity index (χ4n) is 3.11. The summed E-state index contributed by atoms with van der Waals surface area (Å²) in [6.07, 6.45) is 1.94. The van der Waals surface area contributed by atoms with Crippen molar-refractivity contribution in [3.63, 3.8) is 0 Å². The average Bonchev–Trinajstić information content (AvgIpc) is 3.17. The number of sulfonamides is 1. The Balaban J connectivity index is 2.33. The molecule has 2 rings (SSSR count). The van der Waals surface area contributed by atoms with Crippen LogP contribution in [-0.2, 0) is 21.4 Å². The molecule has 1 heterocycles. The third-order valence-corrected chi connectivity index (χ3v) is 6.49. The smallest absolute Gasteiger partial charge is 0.243 e. The molecule has 0 spiro atoms. The van der Waals surface area contributed by atoms with E-state index >= 15 is 0 Å². The van der Waals surface area contributed by atoms with Gasteiger partial charge in [-0.1, -0.05) is 13.8 Å². The van der Waals surface area contributed by atoms with Gasteiger partial charge in [0.05, 0.1) is 12.0 Å². The van der Waals surface area contributed by atoms with Crippen LogP contribution in [0.3, 0.4) is 0 Å². The summed E-state index contributed by atoms with van der Waals surface area (Å²) in [5.74, 6) is 0.467. The Morgan fingerprint density at radius 1 is 1.38 bits per heavy atom. The number of ether oxygens (including phenoxy) is 1. The summed E-state index contributed by atoms with van der Waals surface area (Å²) in [5, 5.41) is 6.00. The van der Waals surface area contributed by atoms with E-state index < -0.39 is 10.0 Å². The maximum Gasteiger partial charge on any atom is 0.243 e. The Hall–Kier alpha value is -1.64. The van der Waals surface area contributed by atoms with E-state index in [-0.39, 0.29) is 23.4 Å². The van der Waals surface area contributed by atoms with Gasteiger partial charge in [0.1, 0.15) is 5.75 Å². The standard InChI is InChI=1S/C18H29N3O4S/c1-4-10-21(15-8-9-19-13-15)26(23,24)16-6-7-17(25-3)14(11-16)12-20-18(22)5-2/h6-7,11,15,19H,4-5,8-10,12-13H2,1-3H3,(H,20,22). The molecule has 0 radical (unpaired) electrons. The highest BCUT2D eigenvalue weighted by Crippen LogP contribution is 2.27. The lowest BCUT2D eigenvalue weighted by atomic mass is 10.2. The number of benzene rings is 1. The highest BCUT2D eigenvalue weighted by Gasteiger charge is 2.33. The molecule has 0 bridgehead atoms. The fourth-order valence-corrected chi connectivity index (χ4v) is 4.91. The molecule has 1 amide bonds. The highest BCUT2D eigenvalue weighted by molar-refractivity contribution is 7.89. The molecule has 0 aromatic heterocycles. The first kappa shape index (κ1) is 20.7. The predicted octanol–water partition coefficient (Wildman–Crippen LogP) is 1.48. The van der Waals surface area contributed by atoms with Crippen molar-refractivity contribution in [1.82, 2.24) is 14.9 Å². The molecule has 2 N–H and O–H groups in total. The topological polar surface area (TPSA) is 87.7 Å². The zero-order valence-electron chi connectivity index (χ0n) is 15.7. The first-order valence-electron chi connectivity index (χ1n) is 9.10. The van der Waals surface area contributed by atoms with Gasteiger partial charge in [-0.05, 0) is 37.6 Å². The third kappa shape index (κ3) is 4.75. The summed E-state index contributed by atoms with van der Waals surface area (Å²) in [5.41, 5.74) is 0.649. The predicted molar refractivity (Wildman–Crippen MR) is 101 cm³/mol. The van der Waals surface area contributed by atoms with Crippen LogP contribution in [0.15, 0.2) is 23.1 Å². The van der Waals surface area contributed by atoms with E-state index in [4.69, 9.17) is 4.74 Å². The summed E-state index contributed by atoms with van der Waals surface area (Å²) in [4.78, 5) is 11.8. The van der Waals surface area contributed by atoms with Gasteiger partial charge in [-0.3, -0.25) is 4.79 Å². The lowest BCUT2D eigenvalue weighted by Crippen LogP contribution is -2.42. The number of carbonyl (C=O) groups is 1. The van der Waals surface area contributed by atoms with E-state index in [0.717, 1.165) is 19.4 Å². The number of amides is 1. The Labute approximate surface area is 156 Å². The van der Waals surface area contributed by atoms with E-state index in [1.165, 1.54) is 7.11 Å². The molecule has 26 heavy (non-hydrogen) atoms. The van der Waals surface area contributed by atoms with Crippen LogP contribution >= 0.6 is 0 Å². The Bertz CT molecular complexity index is 715. The van der Waals surface area contributed by atoms with Gasteiger partial charge < -0.3 is 15.4 Å². The maximum atomic E-state index is 13.2. The van der Waals surface area contributed by atoms with Crippen molar-refractivity contribution in [3.8, 4) is 5.75 Å². The zero-order valence-corrected chi connectivity index (χ0v) is 16.6. The summed E-state index contributed by atoms with van der Waals surface area (Å²) >= 11 is 0. The molecule has 1 aliphatic rings. The second kappa shape index (κ2) is 9.34. The number of nitrogens with zero attached hydrogens (tertiary/aromatic N) is 1. The van der Waals surface area contributed by atoms with E-state index in [1.807, 2.05) is 6.92 Å². The largest absolute Gasteiger partial charge is 0.496 e. The summed E-state index contributed by atoms with van der Waals surface area (Å²) in [6, 6.07) is 4.81. The highest BCUT2D eigenvalue weighted by atomic mass is 32.2. The summed E-state index contributed by atoms with van der Waals surface area (Å²) < 4.78 is 33.4. The SMILES string of the molecule is CCCN(C1CCNC1)S(=O)(=O)c1ccc(OC)c(CNC(=O)CC)c1. The zero-order chi connectivity index (χ0) is 19.2. The van der Waals surface area contributed by atoms with E-state index in [0.29, 0.717) is 30.8 Å². The van der Waals surface area contributed by atoms with Crippen molar-refractivity contribution in [3.05, 3.63) is 23.8 Å². The van der Waals surface area contributed by atoms with E-state index in [9.17, 15) is 13.2 Å². The van der Waals surface area contributed by atoms with Crippen LogP contribution < -0.4 is 15.4 Å². The van der Waals surface area contributed by atoms with Crippen molar-refractivity contribution in [2.45, 2.75) is 50.6 Å². The van der Waals surface area contributed by atoms with Crippen LogP contribution in [-0.4, -0.2) is 51.4 Å². The number of rotatable bonds is 9. The molecule has 1 aromatic carbocycles. The molecule has 1 atom stereocenters. The van der Waals surface area contributed by atoms with Gasteiger partial charge in [0.2, 0.25) is 15.9 Å². The van der Waals surface area contributed by atoms with Gasteiger partial charge in [0, 0.05) is 37.7 Å². The molecule has 1 unspecified atom stereocenters. The van der Waals surface area contributed by atoms with Crippen molar-refractivity contribution < 1.29 is 17.9 Å². The Kier molecular flexibility index (Phi) is 7.43. The van der Waals surface area contributed by atoms with Crippen molar-refractivity contribution in [2.24, 2.45) is 0 Å². The molecule has 1 aliphatic heterocycles. The Morgan fingerprint density at radius 2 is 2.15 bits per heavy atom. The second-order valence-electron chi connectivity index (χ2n) is 6.37. The average molecular weight is 384 g/mol. The molecule has 8 heteroatoms. The fraction of sp³-hybridized carbons (Fsp3) is 0.611. The van der Waals surface area contributed by atoms with Crippen molar-refractivity contribution in [2.75, 3.05) is 26.7 Å². The van der Waals surface area contributed by atoms with Gasteiger partial charge in [-0.2, -0.15) is 4.31 Å². The lowest BCUT2D eigenvalue weighted by Gasteiger charge is -2.27. The van der Waals surface area contributed by atoms with Gasteiger partial charge in [-0.15, -0.1) is 0 Å². The van der Waals surface area contributed by atoms with Crippen LogP contribution in [0.1, 0.15) is 38.7 Å². The molecule has 146 valence electrons. The molecule has 1 aromatic rings. The van der Waals surface area contributed by atoms with Crippen LogP contribution in [0.2, 0.25) is 0 Å². The lowest BCUT2D eigenvalue weighted by molar-refractivity contribution is -0.120. The summed E-state index contributed by atoms with van der Waals surface area (Å²) in [7, 11) is -2.08. The molecular formula is C18H29N3O4S. The molecule has 0 saturated carbocycles. The number of hydrogen-bond acceptors (Lipinski definition) is 5. The molecule has 0 aliphatic carbocycles. The first-order valence-corrected chi connectivity index (χ1v) is 10.5. The van der Waals surface area contributed by atoms with Crippen LogP contribution in [0.4, 0.5) is 0 Å². The van der Waals surface area contributed by atoms with Gasteiger partial charge >= 0.3 is 0 Å². The normalized spacial score (nSPS) is 17.5. The minimum Gasteiger partial charge on any atom is -0.496 e.